The Morgan fingerprint density at radius 3 is 1.81 bits per heavy atom. The number of amides is 1. The number of carbonyl (C=O) groups is 1. The summed E-state index contributed by atoms with van der Waals surface area (Å²) in [7, 11) is 0. The molecule has 0 heterocycles. The average molecular weight is 420 g/mol. The molecular weight excluding hydrogens is 390 g/mol. The van der Waals surface area contributed by atoms with Crippen LogP contribution in [-0.4, -0.2) is 38.6 Å². The van der Waals surface area contributed by atoms with Crippen molar-refractivity contribution in [2.75, 3.05) is 0 Å². The summed E-state index contributed by atoms with van der Waals surface area (Å²) in [5, 5.41) is 23.5. The lowest BCUT2D eigenvalue weighted by atomic mass is 10.0. The molecule has 3 N–H and O–H groups in total. The molecule has 2 unspecified atom stereocenters. The van der Waals surface area contributed by atoms with Crippen LogP contribution in [-0.2, 0) is 19.5 Å². The van der Waals surface area contributed by atoms with Crippen LogP contribution in [0.4, 0.5) is 4.79 Å². The zero-order chi connectivity index (χ0) is 22.1. The van der Waals surface area contributed by atoms with Gasteiger partial charge in [-0.2, -0.15) is 0 Å². The molecule has 3 rings (SSSR count). The first kappa shape index (κ1) is 22.5. The fourth-order valence-corrected chi connectivity index (χ4v) is 3.48. The molecule has 31 heavy (non-hydrogen) atoms. The number of carboxylic acid groups (broad SMARTS) is 1. The van der Waals surface area contributed by atoms with Crippen molar-refractivity contribution in [1.82, 2.24) is 15.6 Å². The molecule has 2 atom stereocenters. The molecular formula is C25H29N3O3. The van der Waals surface area contributed by atoms with Gasteiger partial charge in [0.1, 0.15) is 0 Å². The molecule has 6 nitrogen and oxygen atoms in total. The van der Waals surface area contributed by atoms with Gasteiger partial charge in [-0.25, -0.2) is 15.2 Å². The SMILES string of the molecule is CC(O)C(Cc1ccccc1)N(C(=O)O)N(Cc1ccccc1)NCc1ccccc1. The second-order valence-corrected chi connectivity index (χ2v) is 7.49. The van der Waals surface area contributed by atoms with Crippen molar-refractivity contribution in [3.8, 4) is 0 Å². The summed E-state index contributed by atoms with van der Waals surface area (Å²) < 4.78 is 0. The van der Waals surface area contributed by atoms with Gasteiger partial charge in [-0.15, -0.1) is 5.12 Å². The minimum atomic E-state index is -1.13. The second kappa shape index (κ2) is 11.3. The number of aliphatic hydroxyl groups is 1. The first-order chi connectivity index (χ1) is 15.0. The monoisotopic (exact) mass is 419 g/mol. The standard InChI is InChI=1S/C25H29N3O3/c1-20(29)24(17-21-11-5-2-6-12-21)28(25(30)31)27(19-23-15-9-4-10-16-23)26-18-22-13-7-3-8-14-22/h2-16,20,24,26,29H,17-19H2,1H3,(H,30,31). The van der Waals surface area contributed by atoms with Crippen molar-refractivity contribution < 1.29 is 15.0 Å². The lowest BCUT2D eigenvalue weighted by Crippen LogP contribution is -2.60. The third-order valence-electron chi connectivity index (χ3n) is 5.10. The molecule has 0 aliphatic heterocycles. The predicted octanol–water partition coefficient (Wildman–Crippen LogP) is 4.08. The van der Waals surface area contributed by atoms with Gasteiger partial charge >= 0.3 is 6.09 Å². The van der Waals surface area contributed by atoms with Gasteiger partial charge in [-0.1, -0.05) is 91.0 Å². The van der Waals surface area contributed by atoms with E-state index >= 15 is 0 Å². The summed E-state index contributed by atoms with van der Waals surface area (Å²) in [6, 6.07) is 28.4. The van der Waals surface area contributed by atoms with Crippen LogP contribution in [0.1, 0.15) is 23.6 Å². The first-order valence-electron chi connectivity index (χ1n) is 10.4. The molecule has 6 heteroatoms. The molecule has 0 radical (unpaired) electrons. The highest BCUT2D eigenvalue weighted by Gasteiger charge is 2.33. The van der Waals surface area contributed by atoms with Gasteiger partial charge < -0.3 is 10.2 Å². The summed E-state index contributed by atoms with van der Waals surface area (Å²) in [4.78, 5) is 12.4. The number of hydrazine groups is 2. The normalized spacial score (nSPS) is 13.0. The topological polar surface area (TPSA) is 76.0 Å². The van der Waals surface area contributed by atoms with Gasteiger partial charge in [0, 0.05) is 6.54 Å². The van der Waals surface area contributed by atoms with Gasteiger partial charge in [-0.05, 0) is 30.0 Å². The molecule has 0 aromatic heterocycles. The van der Waals surface area contributed by atoms with E-state index in [1.54, 1.807) is 12.0 Å². The van der Waals surface area contributed by atoms with E-state index in [1.165, 1.54) is 5.01 Å². The summed E-state index contributed by atoms with van der Waals surface area (Å²) in [6.07, 6.45) is -1.60. The van der Waals surface area contributed by atoms with Crippen molar-refractivity contribution in [3.05, 3.63) is 108 Å². The summed E-state index contributed by atoms with van der Waals surface area (Å²) in [6.45, 7) is 2.41. The molecule has 0 fully saturated rings. The van der Waals surface area contributed by atoms with Crippen LogP contribution >= 0.6 is 0 Å². The summed E-state index contributed by atoms with van der Waals surface area (Å²) in [5.41, 5.74) is 6.20. The number of hydrogen-bond donors (Lipinski definition) is 3. The highest BCUT2D eigenvalue weighted by Crippen LogP contribution is 2.17. The molecule has 3 aromatic carbocycles. The maximum atomic E-state index is 12.4. The summed E-state index contributed by atoms with van der Waals surface area (Å²) >= 11 is 0. The first-order valence-corrected chi connectivity index (χ1v) is 10.4. The lowest BCUT2D eigenvalue weighted by molar-refractivity contribution is -0.110. The molecule has 0 aliphatic rings. The quantitative estimate of drug-likeness (QED) is 0.432. The van der Waals surface area contributed by atoms with Crippen molar-refractivity contribution in [1.29, 1.82) is 0 Å². The number of nitrogens with one attached hydrogen (secondary N) is 1. The summed E-state index contributed by atoms with van der Waals surface area (Å²) in [5.74, 6) is 0. The van der Waals surface area contributed by atoms with Crippen molar-refractivity contribution in [3.63, 3.8) is 0 Å². The number of benzene rings is 3. The Bertz CT molecular complexity index is 921. The maximum Gasteiger partial charge on any atom is 0.423 e. The van der Waals surface area contributed by atoms with Gasteiger partial charge in [0.15, 0.2) is 0 Å². The zero-order valence-electron chi connectivity index (χ0n) is 17.6. The fourth-order valence-electron chi connectivity index (χ4n) is 3.48. The minimum Gasteiger partial charge on any atom is -0.464 e. The molecule has 0 saturated carbocycles. The zero-order valence-corrected chi connectivity index (χ0v) is 17.6. The van der Waals surface area contributed by atoms with Crippen LogP contribution < -0.4 is 5.43 Å². The van der Waals surface area contributed by atoms with Gasteiger partial charge in [0.25, 0.3) is 0 Å². The predicted molar refractivity (Wildman–Crippen MR) is 121 cm³/mol. The molecule has 0 saturated heterocycles. The Balaban J connectivity index is 1.89. The van der Waals surface area contributed by atoms with Crippen molar-refractivity contribution >= 4 is 6.09 Å². The second-order valence-electron chi connectivity index (χ2n) is 7.49. The van der Waals surface area contributed by atoms with E-state index in [4.69, 9.17) is 0 Å². The molecule has 0 aliphatic carbocycles. The highest BCUT2D eigenvalue weighted by molar-refractivity contribution is 5.65. The van der Waals surface area contributed by atoms with E-state index in [2.05, 4.69) is 5.43 Å². The number of aliphatic hydroxyl groups excluding tert-OH is 1. The fraction of sp³-hybridized carbons (Fsp3) is 0.240. The smallest absolute Gasteiger partial charge is 0.423 e. The number of nitrogens with zero attached hydrogens (tertiary/aromatic N) is 2. The van der Waals surface area contributed by atoms with Crippen LogP contribution in [0.25, 0.3) is 0 Å². The van der Waals surface area contributed by atoms with Crippen LogP contribution in [0.2, 0.25) is 0 Å². The third kappa shape index (κ3) is 6.65. The minimum absolute atomic E-state index is 0.331. The molecule has 162 valence electrons. The van der Waals surface area contributed by atoms with E-state index in [-0.39, 0.29) is 0 Å². The van der Waals surface area contributed by atoms with E-state index in [0.29, 0.717) is 19.5 Å². The Kier molecular flexibility index (Phi) is 8.18. The largest absolute Gasteiger partial charge is 0.464 e. The van der Waals surface area contributed by atoms with Crippen LogP contribution in [0.5, 0.6) is 0 Å². The van der Waals surface area contributed by atoms with Crippen molar-refractivity contribution in [2.45, 2.75) is 38.6 Å². The van der Waals surface area contributed by atoms with Gasteiger partial charge in [0.05, 0.1) is 18.7 Å². The van der Waals surface area contributed by atoms with Crippen LogP contribution in [0, 0.1) is 0 Å². The number of hydrogen-bond acceptors (Lipinski definition) is 4. The van der Waals surface area contributed by atoms with E-state index < -0.39 is 18.2 Å². The third-order valence-corrected chi connectivity index (χ3v) is 5.10. The Labute approximate surface area is 183 Å². The van der Waals surface area contributed by atoms with Gasteiger partial charge in [0.2, 0.25) is 0 Å². The lowest BCUT2D eigenvalue weighted by Gasteiger charge is -2.40. The van der Waals surface area contributed by atoms with E-state index in [1.807, 2.05) is 91.0 Å². The van der Waals surface area contributed by atoms with Crippen LogP contribution in [0.3, 0.4) is 0 Å². The molecule has 0 bridgehead atoms. The Hall–Kier alpha value is -3.19. The highest BCUT2D eigenvalue weighted by atomic mass is 16.4. The van der Waals surface area contributed by atoms with E-state index in [0.717, 1.165) is 16.7 Å². The average Bonchev–Trinajstić information content (AvgIpc) is 2.78. The van der Waals surface area contributed by atoms with E-state index in [9.17, 15) is 15.0 Å². The Morgan fingerprint density at radius 1 is 0.839 bits per heavy atom. The molecule has 1 amide bonds. The number of rotatable bonds is 10. The van der Waals surface area contributed by atoms with Crippen LogP contribution in [0.15, 0.2) is 91.0 Å². The molecule has 3 aromatic rings. The maximum absolute atomic E-state index is 12.4. The van der Waals surface area contributed by atoms with Crippen molar-refractivity contribution in [2.24, 2.45) is 0 Å². The van der Waals surface area contributed by atoms with Gasteiger partial charge in [-0.3, -0.25) is 0 Å². The Morgan fingerprint density at radius 2 is 1.32 bits per heavy atom. The molecule has 0 spiro atoms.